The molecule has 0 fully saturated rings. The fourth-order valence-corrected chi connectivity index (χ4v) is 5.95. The molecule has 0 spiro atoms. The molecule has 0 aliphatic carbocycles. The first-order chi connectivity index (χ1) is 30.4. The summed E-state index contributed by atoms with van der Waals surface area (Å²) < 4.78 is 65.1. The maximum absolute atomic E-state index is 14.7. The maximum atomic E-state index is 14.7. The molecule has 21 heteroatoms. The molecule has 17 nitrogen and oxygen atoms in total. The van der Waals surface area contributed by atoms with Gasteiger partial charge < -0.3 is 37.6 Å². The third kappa shape index (κ3) is 11.2. The molecular formula is C43H39Cl2F2N5O12. The number of benzene rings is 3. The van der Waals surface area contributed by atoms with Crippen molar-refractivity contribution in [3.63, 3.8) is 0 Å². The lowest BCUT2D eigenvalue weighted by Gasteiger charge is -2.15. The van der Waals surface area contributed by atoms with Gasteiger partial charge in [-0.05, 0) is 64.1 Å². The van der Waals surface area contributed by atoms with Crippen LogP contribution in [-0.4, -0.2) is 61.6 Å². The number of esters is 2. The first-order valence-electron chi connectivity index (χ1n) is 19.0. The van der Waals surface area contributed by atoms with Crippen LogP contribution >= 0.6 is 23.2 Å². The number of para-hydroxylation sites is 2. The highest BCUT2D eigenvalue weighted by Crippen LogP contribution is 2.38. The van der Waals surface area contributed by atoms with E-state index in [0.29, 0.717) is 20.5 Å². The van der Waals surface area contributed by atoms with Gasteiger partial charge >= 0.3 is 23.3 Å². The van der Waals surface area contributed by atoms with E-state index in [-0.39, 0.29) is 75.9 Å². The molecular weight excluding hydrogens is 887 g/mol. The Morgan fingerprint density at radius 3 is 1.53 bits per heavy atom. The van der Waals surface area contributed by atoms with Crippen molar-refractivity contribution < 1.29 is 46.8 Å². The van der Waals surface area contributed by atoms with Gasteiger partial charge in [-0.25, -0.2) is 42.1 Å². The van der Waals surface area contributed by atoms with Crippen LogP contribution in [0.15, 0.2) is 98.2 Å². The van der Waals surface area contributed by atoms with E-state index < -0.39 is 52.7 Å². The molecule has 0 radical (unpaired) electrons. The highest BCUT2D eigenvalue weighted by Gasteiger charge is 2.21. The number of hydrogen-bond donors (Lipinski definition) is 0. The van der Waals surface area contributed by atoms with E-state index in [1.807, 2.05) is 0 Å². The molecule has 0 amide bonds. The minimum absolute atomic E-state index is 0.0234. The predicted octanol–water partition coefficient (Wildman–Crippen LogP) is 6.14. The van der Waals surface area contributed by atoms with Gasteiger partial charge in [0.1, 0.15) is 23.1 Å². The Balaban J connectivity index is 0.000000241. The number of ether oxygens (including phenoxy) is 6. The lowest BCUT2D eigenvalue weighted by atomic mass is 10.2. The van der Waals surface area contributed by atoms with E-state index in [1.165, 1.54) is 47.6 Å². The number of aromatic nitrogens is 5. The standard InChI is InChI=1S/C22H20ClFN2O6.C21H19ClFN3O6/c1-4-30-21(28)12-31-17-7-5-6-8-18(17)32-19-11-16(15(24)10-14(19)23)26-20(27)9-13(2)25(3)22(26)29;1-4-30-19(28)11-31-20-16(6-5-7-24-20)32-17-10-15(14(23)9-13(17)22)26-18(27)8-12(2)25(3)21(26)29/h5-11H,4,12H2,1-3H3;5-10H,4,11H2,1-3H3. The fraction of sp³-hybridized carbons (Fsp3) is 0.233. The Labute approximate surface area is 372 Å². The zero-order valence-corrected chi connectivity index (χ0v) is 36.5. The zero-order valence-electron chi connectivity index (χ0n) is 35.0. The topological polar surface area (TPSA) is 190 Å². The van der Waals surface area contributed by atoms with Crippen LogP contribution in [0.5, 0.6) is 34.6 Å². The lowest BCUT2D eigenvalue weighted by molar-refractivity contribution is -0.146. The molecule has 6 rings (SSSR count). The van der Waals surface area contributed by atoms with Crippen molar-refractivity contribution in [3.05, 3.63) is 154 Å². The number of carbonyl (C=O) groups is 2. The van der Waals surface area contributed by atoms with Crippen molar-refractivity contribution in [2.75, 3.05) is 26.4 Å². The SMILES string of the molecule is CCOC(=O)COc1ccccc1Oc1cc(-n2c(=O)cc(C)n(C)c2=O)c(F)cc1Cl.CCOC(=O)COc1ncccc1Oc1cc(-n2c(=O)cc(C)n(C)c2=O)c(F)cc1Cl. The van der Waals surface area contributed by atoms with Gasteiger partial charge in [0.2, 0.25) is 0 Å². The highest BCUT2D eigenvalue weighted by molar-refractivity contribution is 6.32. The third-order valence-electron chi connectivity index (χ3n) is 8.91. The molecule has 6 aromatic rings. The van der Waals surface area contributed by atoms with Gasteiger partial charge in [-0.2, -0.15) is 0 Å². The Hall–Kier alpha value is -7.25. The Kier molecular flexibility index (Phi) is 15.8. The number of rotatable bonds is 14. The molecule has 0 saturated carbocycles. The number of carbonyl (C=O) groups excluding carboxylic acids is 2. The van der Waals surface area contributed by atoms with Gasteiger partial charge in [-0.15, -0.1) is 0 Å². The second-order valence-corrected chi connectivity index (χ2v) is 14.0. The molecule has 336 valence electrons. The van der Waals surface area contributed by atoms with E-state index in [4.69, 9.17) is 51.6 Å². The van der Waals surface area contributed by atoms with Crippen molar-refractivity contribution in [2.24, 2.45) is 14.1 Å². The number of aryl methyl sites for hydroxylation is 2. The van der Waals surface area contributed by atoms with Crippen LogP contribution in [0, 0.1) is 25.5 Å². The highest BCUT2D eigenvalue weighted by atomic mass is 35.5. The van der Waals surface area contributed by atoms with Crippen molar-refractivity contribution in [3.8, 4) is 46.0 Å². The summed E-state index contributed by atoms with van der Waals surface area (Å²) in [6, 6.07) is 16.0. The minimum Gasteiger partial charge on any atom is -0.478 e. The van der Waals surface area contributed by atoms with Gasteiger partial charge in [0.25, 0.3) is 17.0 Å². The van der Waals surface area contributed by atoms with Crippen LogP contribution in [0.1, 0.15) is 25.2 Å². The Morgan fingerprint density at radius 2 is 1.05 bits per heavy atom. The summed E-state index contributed by atoms with van der Waals surface area (Å²) in [6.45, 7) is 6.17. The van der Waals surface area contributed by atoms with Crippen molar-refractivity contribution in [2.45, 2.75) is 27.7 Å². The van der Waals surface area contributed by atoms with Crippen molar-refractivity contribution in [1.29, 1.82) is 0 Å². The molecule has 3 aromatic carbocycles. The molecule has 0 aliphatic rings. The molecule has 0 atom stereocenters. The summed E-state index contributed by atoms with van der Waals surface area (Å²) >= 11 is 12.3. The minimum atomic E-state index is -0.893. The largest absolute Gasteiger partial charge is 0.478 e. The first kappa shape index (κ1) is 47.8. The monoisotopic (exact) mass is 925 g/mol. The molecule has 0 bridgehead atoms. The van der Waals surface area contributed by atoms with E-state index in [2.05, 4.69) is 4.98 Å². The van der Waals surface area contributed by atoms with E-state index in [1.54, 1.807) is 58.0 Å². The fourth-order valence-electron chi connectivity index (χ4n) is 5.57. The summed E-state index contributed by atoms with van der Waals surface area (Å²) in [4.78, 5) is 77.2. The molecule has 0 saturated heterocycles. The van der Waals surface area contributed by atoms with E-state index in [0.717, 1.165) is 24.3 Å². The van der Waals surface area contributed by atoms with Crippen molar-refractivity contribution in [1.82, 2.24) is 23.3 Å². The van der Waals surface area contributed by atoms with Crippen LogP contribution in [0.3, 0.4) is 0 Å². The maximum Gasteiger partial charge on any atom is 0.344 e. The predicted molar refractivity (Wildman–Crippen MR) is 229 cm³/mol. The average molecular weight is 927 g/mol. The Bertz CT molecular complexity index is 2770. The van der Waals surface area contributed by atoms with Gasteiger partial charge in [-0.1, -0.05) is 35.3 Å². The molecule has 3 aromatic heterocycles. The lowest BCUT2D eigenvalue weighted by Crippen LogP contribution is -2.38. The second kappa shape index (κ2) is 21.2. The average Bonchev–Trinajstić information content (AvgIpc) is 3.25. The first-order valence-corrected chi connectivity index (χ1v) is 19.8. The molecule has 0 unspecified atom stereocenters. The van der Waals surface area contributed by atoms with Crippen LogP contribution in [0.4, 0.5) is 8.78 Å². The summed E-state index contributed by atoms with van der Waals surface area (Å²) in [5, 5.41) is -0.216. The number of hydrogen-bond acceptors (Lipinski definition) is 13. The van der Waals surface area contributed by atoms with Crippen LogP contribution in [-0.2, 0) is 33.2 Å². The smallest absolute Gasteiger partial charge is 0.344 e. The Morgan fingerprint density at radius 1 is 0.609 bits per heavy atom. The molecule has 0 aliphatic heterocycles. The summed E-state index contributed by atoms with van der Waals surface area (Å²) in [7, 11) is 2.93. The van der Waals surface area contributed by atoms with E-state index in [9.17, 15) is 37.5 Å². The van der Waals surface area contributed by atoms with Gasteiger partial charge in [0, 0.05) is 55.9 Å². The quantitative estimate of drug-likeness (QED) is 0.113. The van der Waals surface area contributed by atoms with Gasteiger partial charge in [0.05, 0.1) is 34.6 Å². The van der Waals surface area contributed by atoms with E-state index >= 15 is 0 Å². The molecule has 64 heavy (non-hydrogen) atoms. The second-order valence-electron chi connectivity index (χ2n) is 13.2. The third-order valence-corrected chi connectivity index (χ3v) is 9.50. The molecule has 3 heterocycles. The summed E-state index contributed by atoms with van der Waals surface area (Å²) in [6.07, 6.45) is 1.42. The van der Waals surface area contributed by atoms with Gasteiger partial charge in [0.15, 0.2) is 30.5 Å². The van der Waals surface area contributed by atoms with Crippen LogP contribution < -0.4 is 41.4 Å². The summed E-state index contributed by atoms with van der Waals surface area (Å²) in [5.74, 6) is -2.58. The summed E-state index contributed by atoms with van der Waals surface area (Å²) in [5.41, 5.74) is -2.68. The number of nitrogens with zero attached hydrogens (tertiary/aromatic N) is 5. The number of halogens is 4. The van der Waals surface area contributed by atoms with Crippen LogP contribution in [0.2, 0.25) is 10.0 Å². The van der Waals surface area contributed by atoms with Crippen molar-refractivity contribution >= 4 is 35.1 Å². The number of pyridine rings is 1. The molecule has 0 N–H and O–H groups in total. The van der Waals surface area contributed by atoms with Gasteiger partial charge in [-0.3, -0.25) is 9.59 Å². The zero-order chi connectivity index (χ0) is 46.8. The normalized spacial score (nSPS) is 10.7. The van der Waals surface area contributed by atoms with Crippen LogP contribution in [0.25, 0.3) is 11.4 Å².